The third-order valence-corrected chi connectivity index (χ3v) is 3.41. The molecular formula is C19H22FNO3. The molecule has 0 fully saturated rings. The Bertz CT molecular complexity index is 641. The topological polar surface area (TPSA) is 47.6 Å². The zero-order chi connectivity index (χ0) is 17.4. The molecule has 0 saturated carbocycles. The number of carbonyl (C=O) groups is 1. The van der Waals surface area contributed by atoms with Gasteiger partial charge in [0.25, 0.3) is 5.91 Å². The average molecular weight is 331 g/mol. The Hall–Kier alpha value is -2.56. The number of ether oxygens (including phenoxy) is 2. The number of hydrogen-bond donors (Lipinski definition) is 1. The predicted molar refractivity (Wildman–Crippen MR) is 90.7 cm³/mol. The average Bonchev–Trinajstić information content (AvgIpc) is 2.59. The maximum atomic E-state index is 12.9. The van der Waals surface area contributed by atoms with Crippen LogP contribution in [0, 0.1) is 5.82 Å². The maximum absolute atomic E-state index is 12.9. The van der Waals surface area contributed by atoms with Crippen LogP contribution >= 0.6 is 0 Å². The van der Waals surface area contributed by atoms with Crippen LogP contribution < -0.4 is 14.8 Å². The Kier molecular flexibility index (Phi) is 6.61. The number of nitrogens with one attached hydrogen (secondary N) is 1. The maximum Gasteiger partial charge on any atom is 0.258 e. The number of amides is 1. The molecular weight excluding hydrogens is 309 g/mol. The smallest absolute Gasteiger partial charge is 0.258 e. The van der Waals surface area contributed by atoms with Gasteiger partial charge in [0.1, 0.15) is 17.3 Å². The van der Waals surface area contributed by atoms with Gasteiger partial charge in [0.2, 0.25) is 0 Å². The van der Waals surface area contributed by atoms with Crippen LogP contribution in [-0.4, -0.2) is 19.1 Å². The molecule has 0 bridgehead atoms. The monoisotopic (exact) mass is 331 g/mol. The summed E-state index contributed by atoms with van der Waals surface area (Å²) < 4.78 is 23.8. The normalized spacial score (nSPS) is 11.6. The lowest BCUT2D eigenvalue weighted by molar-refractivity contribution is -0.123. The molecule has 1 atom stereocenters. The van der Waals surface area contributed by atoms with Gasteiger partial charge in [-0.1, -0.05) is 19.1 Å². The SMILES string of the molecule is CCCOc1ccc(OCC(=O)NC(C)c2ccc(F)cc2)cc1. The molecule has 4 nitrogen and oxygen atoms in total. The van der Waals surface area contributed by atoms with Crippen molar-refractivity contribution in [3.63, 3.8) is 0 Å². The highest BCUT2D eigenvalue weighted by Crippen LogP contribution is 2.18. The van der Waals surface area contributed by atoms with Crippen molar-refractivity contribution in [2.45, 2.75) is 26.3 Å². The molecule has 0 aromatic heterocycles. The number of halogens is 1. The molecule has 2 aromatic carbocycles. The number of hydrogen-bond acceptors (Lipinski definition) is 3. The number of benzene rings is 2. The van der Waals surface area contributed by atoms with Crippen LogP contribution in [0.1, 0.15) is 31.9 Å². The van der Waals surface area contributed by atoms with Gasteiger partial charge < -0.3 is 14.8 Å². The summed E-state index contributed by atoms with van der Waals surface area (Å²) in [5.41, 5.74) is 0.835. The molecule has 128 valence electrons. The van der Waals surface area contributed by atoms with E-state index in [4.69, 9.17) is 9.47 Å². The third kappa shape index (κ3) is 5.57. The van der Waals surface area contributed by atoms with Crippen LogP contribution in [0.4, 0.5) is 4.39 Å². The van der Waals surface area contributed by atoms with Gasteiger partial charge in [-0.2, -0.15) is 0 Å². The fourth-order valence-electron chi connectivity index (χ4n) is 2.12. The van der Waals surface area contributed by atoms with Gasteiger partial charge in [-0.15, -0.1) is 0 Å². The fraction of sp³-hybridized carbons (Fsp3) is 0.316. The lowest BCUT2D eigenvalue weighted by Gasteiger charge is -2.15. The van der Waals surface area contributed by atoms with E-state index in [1.165, 1.54) is 12.1 Å². The Morgan fingerprint density at radius 1 is 1.04 bits per heavy atom. The van der Waals surface area contributed by atoms with E-state index in [0.717, 1.165) is 17.7 Å². The second-order valence-corrected chi connectivity index (χ2v) is 5.45. The highest BCUT2D eigenvalue weighted by Gasteiger charge is 2.10. The molecule has 1 N–H and O–H groups in total. The van der Waals surface area contributed by atoms with E-state index < -0.39 is 0 Å². The lowest BCUT2D eigenvalue weighted by Crippen LogP contribution is -2.31. The Balaban J connectivity index is 1.79. The van der Waals surface area contributed by atoms with Crippen LogP contribution in [0.15, 0.2) is 48.5 Å². The largest absolute Gasteiger partial charge is 0.494 e. The highest BCUT2D eigenvalue weighted by molar-refractivity contribution is 5.78. The van der Waals surface area contributed by atoms with Crippen molar-refractivity contribution in [2.75, 3.05) is 13.2 Å². The molecule has 1 unspecified atom stereocenters. The Morgan fingerprint density at radius 3 is 2.21 bits per heavy atom. The quantitative estimate of drug-likeness (QED) is 0.799. The van der Waals surface area contributed by atoms with Gasteiger partial charge in [-0.3, -0.25) is 4.79 Å². The number of rotatable bonds is 8. The minimum atomic E-state index is -0.299. The molecule has 24 heavy (non-hydrogen) atoms. The summed E-state index contributed by atoms with van der Waals surface area (Å²) in [4.78, 5) is 11.9. The van der Waals surface area contributed by atoms with Crippen molar-refractivity contribution < 1.29 is 18.7 Å². The molecule has 5 heteroatoms. The van der Waals surface area contributed by atoms with Crippen LogP contribution in [0.3, 0.4) is 0 Å². The van der Waals surface area contributed by atoms with Crippen molar-refractivity contribution in [3.8, 4) is 11.5 Å². The number of carbonyl (C=O) groups excluding carboxylic acids is 1. The minimum Gasteiger partial charge on any atom is -0.494 e. The molecule has 2 rings (SSSR count). The molecule has 0 aliphatic rings. The predicted octanol–water partition coefficient (Wildman–Crippen LogP) is 3.87. The second kappa shape index (κ2) is 8.91. The summed E-state index contributed by atoms with van der Waals surface area (Å²) in [6, 6.07) is 13.0. The summed E-state index contributed by atoms with van der Waals surface area (Å²) in [6.45, 7) is 4.47. The van der Waals surface area contributed by atoms with Gasteiger partial charge in [0.15, 0.2) is 6.61 Å². The first-order valence-corrected chi connectivity index (χ1v) is 7.99. The molecule has 0 aliphatic heterocycles. The summed E-state index contributed by atoms with van der Waals surface area (Å²) in [7, 11) is 0. The van der Waals surface area contributed by atoms with E-state index in [0.29, 0.717) is 12.4 Å². The zero-order valence-corrected chi connectivity index (χ0v) is 13.9. The first-order chi connectivity index (χ1) is 11.6. The first kappa shape index (κ1) is 17.8. The summed E-state index contributed by atoms with van der Waals surface area (Å²) in [6.07, 6.45) is 0.949. The molecule has 0 radical (unpaired) electrons. The fourth-order valence-corrected chi connectivity index (χ4v) is 2.12. The second-order valence-electron chi connectivity index (χ2n) is 5.45. The molecule has 2 aromatic rings. The Labute approximate surface area is 141 Å². The minimum absolute atomic E-state index is 0.0826. The van der Waals surface area contributed by atoms with Crippen molar-refractivity contribution in [1.29, 1.82) is 0 Å². The zero-order valence-electron chi connectivity index (χ0n) is 13.9. The standard InChI is InChI=1S/C19H22FNO3/c1-3-12-23-17-8-10-18(11-9-17)24-13-19(22)21-14(2)15-4-6-16(20)7-5-15/h4-11,14H,3,12-13H2,1-2H3,(H,21,22). The van der Waals surface area contributed by atoms with Gasteiger partial charge in [0, 0.05) is 0 Å². The Morgan fingerprint density at radius 2 is 1.62 bits per heavy atom. The first-order valence-electron chi connectivity index (χ1n) is 7.99. The molecule has 0 aliphatic carbocycles. The molecule has 1 amide bonds. The van der Waals surface area contributed by atoms with E-state index in [1.54, 1.807) is 24.3 Å². The van der Waals surface area contributed by atoms with E-state index in [2.05, 4.69) is 5.32 Å². The molecule has 0 saturated heterocycles. The van der Waals surface area contributed by atoms with E-state index in [1.807, 2.05) is 26.0 Å². The van der Waals surface area contributed by atoms with Gasteiger partial charge in [0.05, 0.1) is 12.6 Å². The van der Waals surface area contributed by atoms with E-state index >= 15 is 0 Å². The van der Waals surface area contributed by atoms with Crippen LogP contribution in [0.25, 0.3) is 0 Å². The highest BCUT2D eigenvalue weighted by atomic mass is 19.1. The summed E-state index contributed by atoms with van der Waals surface area (Å²) >= 11 is 0. The third-order valence-electron chi connectivity index (χ3n) is 3.41. The van der Waals surface area contributed by atoms with Crippen molar-refractivity contribution >= 4 is 5.91 Å². The van der Waals surface area contributed by atoms with Crippen LogP contribution in [-0.2, 0) is 4.79 Å². The van der Waals surface area contributed by atoms with E-state index in [-0.39, 0.29) is 24.4 Å². The van der Waals surface area contributed by atoms with Gasteiger partial charge >= 0.3 is 0 Å². The summed E-state index contributed by atoms with van der Waals surface area (Å²) in [5.74, 6) is 0.840. The van der Waals surface area contributed by atoms with E-state index in [9.17, 15) is 9.18 Å². The van der Waals surface area contributed by atoms with Crippen molar-refractivity contribution in [3.05, 3.63) is 59.9 Å². The molecule has 0 heterocycles. The molecule has 0 spiro atoms. The lowest BCUT2D eigenvalue weighted by atomic mass is 10.1. The summed E-state index contributed by atoms with van der Waals surface area (Å²) in [5, 5.41) is 2.81. The van der Waals surface area contributed by atoms with Gasteiger partial charge in [-0.25, -0.2) is 4.39 Å². The van der Waals surface area contributed by atoms with Crippen LogP contribution in [0.5, 0.6) is 11.5 Å². The van der Waals surface area contributed by atoms with Crippen molar-refractivity contribution in [1.82, 2.24) is 5.32 Å². The van der Waals surface area contributed by atoms with Crippen LogP contribution in [0.2, 0.25) is 0 Å². The van der Waals surface area contributed by atoms with Gasteiger partial charge in [-0.05, 0) is 55.3 Å². The van der Waals surface area contributed by atoms with Crippen molar-refractivity contribution in [2.24, 2.45) is 0 Å².